The molecule has 2 unspecified atom stereocenters. The first-order valence-electron chi connectivity index (χ1n) is 7.19. The smallest absolute Gasteiger partial charge is 0.332 e. The average molecular weight is 302 g/mol. The lowest BCUT2D eigenvalue weighted by Crippen LogP contribution is -2.35. The molecule has 0 radical (unpaired) electrons. The summed E-state index contributed by atoms with van der Waals surface area (Å²) in [5, 5.41) is 9.11. The first kappa shape index (κ1) is 16.2. The van der Waals surface area contributed by atoms with Crippen molar-refractivity contribution in [2.45, 2.75) is 31.2 Å². The van der Waals surface area contributed by atoms with Crippen LogP contribution in [-0.4, -0.2) is 23.0 Å². The van der Waals surface area contributed by atoms with Crippen molar-refractivity contribution in [3.05, 3.63) is 66.8 Å². The lowest BCUT2D eigenvalue weighted by Gasteiger charge is -2.27. The van der Waals surface area contributed by atoms with Crippen molar-refractivity contribution in [2.24, 2.45) is 0 Å². The molecule has 0 amide bonds. The van der Waals surface area contributed by atoms with Gasteiger partial charge in [0.25, 0.3) is 0 Å². The van der Waals surface area contributed by atoms with E-state index in [0.717, 1.165) is 11.1 Å². The minimum atomic E-state index is -2.08. The Balaban J connectivity index is 2.05. The third kappa shape index (κ3) is 4.15. The molecule has 4 heteroatoms. The second kappa shape index (κ2) is 7.18. The number of hydrogen-bond acceptors (Lipinski definition) is 2. The van der Waals surface area contributed by atoms with Crippen molar-refractivity contribution in [3.8, 4) is 0 Å². The van der Waals surface area contributed by atoms with E-state index in [1.54, 1.807) is 18.2 Å². The van der Waals surface area contributed by atoms with Crippen LogP contribution in [0.5, 0.6) is 0 Å². The van der Waals surface area contributed by atoms with Gasteiger partial charge in [0.05, 0.1) is 0 Å². The van der Waals surface area contributed by atoms with Gasteiger partial charge in [-0.25, -0.2) is 9.18 Å². The van der Waals surface area contributed by atoms with Crippen LogP contribution in [0, 0.1) is 0 Å². The van der Waals surface area contributed by atoms with Crippen LogP contribution in [0.2, 0.25) is 0 Å². The Labute approximate surface area is 129 Å². The summed E-state index contributed by atoms with van der Waals surface area (Å²) in [5.41, 5.74) is 1.89. The molecular formula is C18H19FO3. The molecule has 1 aromatic carbocycles. The molecule has 1 aliphatic carbocycles. The molecule has 1 aromatic rings. The maximum Gasteiger partial charge on any atom is 0.332 e. The maximum absolute atomic E-state index is 14.7. The zero-order chi connectivity index (χ0) is 16.0. The molecule has 2 atom stereocenters. The fourth-order valence-corrected chi connectivity index (χ4v) is 2.27. The van der Waals surface area contributed by atoms with E-state index >= 15 is 0 Å². The number of alkyl halides is 1. The van der Waals surface area contributed by atoms with Crippen molar-refractivity contribution in [2.75, 3.05) is 0 Å². The number of hydrogen-bond donors (Lipinski definition) is 1. The van der Waals surface area contributed by atoms with E-state index in [1.165, 1.54) is 6.08 Å². The monoisotopic (exact) mass is 302 g/mol. The van der Waals surface area contributed by atoms with Crippen LogP contribution >= 0.6 is 0 Å². The number of allylic oxidation sites excluding steroid dienone is 3. The Morgan fingerprint density at radius 3 is 2.73 bits per heavy atom. The summed E-state index contributed by atoms with van der Waals surface area (Å²) >= 11 is 0. The first-order valence-corrected chi connectivity index (χ1v) is 7.19. The molecule has 2 rings (SSSR count). The molecule has 3 nitrogen and oxygen atoms in total. The third-order valence-electron chi connectivity index (χ3n) is 3.47. The Morgan fingerprint density at radius 1 is 1.45 bits per heavy atom. The number of carbonyl (C=O) groups is 1. The molecular weight excluding hydrogens is 283 g/mol. The Kier molecular flexibility index (Phi) is 5.28. The van der Waals surface area contributed by atoms with Gasteiger partial charge in [0.2, 0.25) is 5.85 Å². The molecule has 22 heavy (non-hydrogen) atoms. The van der Waals surface area contributed by atoms with Crippen LogP contribution in [0.1, 0.15) is 24.8 Å². The minimum Gasteiger partial charge on any atom is -0.479 e. The standard InChI is InChI=1S/C18H19FO3/c1-2-3-9-16(17(20)21)22-18(19)12-10-15(11-13-18)14-7-5-4-6-8-14/h2,4-8,10-12,16H,1,3,9,13H2,(H,20,21). The van der Waals surface area contributed by atoms with Crippen LogP contribution in [0.3, 0.4) is 0 Å². The van der Waals surface area contributed by atoms with Crippen LogP contribution in [-0.2, 0) is 9.53 Å². The van der Waals surface area contributed by atoms with Gasteiger partial charge in [0, 0.05) is 6.42 Å². The molecule has 0 bridgehead atoms. The topological polar surface area (TPSA) is 46.5 Å². The van der Waals surface area contributed by atoms with E-state index in [0.29, 0.717) is 6.42 Å². The summed E-state index contributed by atoms with van der Waals surface area (Å²) in [7, 11) is 0. The zero-order valence-electron chi connectivity index (χ0n) is 12.2. The van der Waals surface area contributed by atoms with Gasteiger partial charge in [-0.1, -0.05) is 48.6 Å². The molecule has 0 aliphatic heterocycles. The number of rotatable bonds is 7. The highest BCUT2D eigenvalue weighted by Crippen LogP contribution is 2.32. The van der Waals surface area contributed by atoms with E-state index in [1.807, 2.05) is 30.3 Å². The fourth-order valence-electron chi connectivity index (χ4n) is 2.27. The molecule has 0 saturated heterocycles. The molecule has 0 spiro atoms. The highest BCUT2D eigenvalue weighted by molar-refractivity contribution is 5.75. The summed E-state index contributed by atoms with van der Waals surface area (Å²) in [6.45, 7) is 3.53. The molecule has 0 aromatic heterocycles. The normalized spacial score (nSPS) is 22.0. The van der Waals surface area contributed by atoms with Gasteiger partial charge in [-0.05, 0) is 30.1 Å². The van der Waals surface area contributed by atoms with Gasteiger partial charge in [-0.15, -0.1) is 6.58 Å². The largest absolute Gasteiger partial charge is 0.479 e. The number of ether oxygens (including phenoxy) is 1. The second-order valence-electron chi connectivity index (χ2n) is 5.16. The van der Waals surface area contributed by atoms with E-state index in [-0.39, 0.29) is 12.8 Å². The Hall–Kier alpha value is -2.20. The van der Waals surface area contributed by atoms with Crippen LogP contribution in [0.4, 0.5) is 4.39 Å². The van der Waals surface area contributed by atoms with E-state index in [9.17, 15) is 9.18 Å². The van der Waals surface area contributed by atoms with Crippen molar-refractivity contribution in [1.82, 2.24) is 0 Å². The van der Waals surface area contributed by atoms with Crippen molar-refractivity contribution in [3.63, 3.8) is 0 Å². The van der Waals surface area contributed by atoms with Gasteiger partial charge >= 0.3 is 5.97 Å². The second-order valence-corrected chi connectivity index (χ2v) is 5.16. The fraction of sp³-hybridized carbons (Fsp3) is 0.278. The lowest BCUT2D eigenvalue weighted by molar-refractivity contribution is -0.180. The van der Waals surface area contributed by atoms with Crippen molar-refractivity contribution in [1.29, 1.82) is 0 Å². The van der Waals surface area contributed by atoms with Crippen LogP contribution in [0.25, 0.3) is 5.57 Å². The lowest BCUT2D eigenvalue weighted by atomic mass is 9.97. The first-order chi connectivity index (χ1) is 10.5. The number of benzene rings is 1. The number of carboxylic acid groups (broad SMARTS) is 1. The third-order valence-corrected chi connectivity index (χ3v) is 3.47. The number of carboxylic acids is 1. The maximum atomic E-state index is 14.7. The highest BCUT2D eigenvalue weighted by Gasteiger charge is 2.34. The van der Waals surface area contributed by atoms with Crippen molar-refractivity contribution < 1.29 is 19.0 Å². The van der Waals surface area contributed by atoms with Gasteiger partial charge in [0.1, 0.15) is 0 Å². The van der Waals surface area contributed by atoms with E-state index in [2.05, 4.69) is 6.58 Å². The molecule has 0 heterocycles. The quantitative estimate of drug-likeness (QED) is 0.770. The highest BCUT2D eigenvalue weighted by atomic mass is 19.2. The molecule has 1 aliphatic rings. The predicted molar refractivity (Wildman–Crippen MR) is 84.0 cm³/mol. The molecule has 0 saturated carbocycles. The Morgan fingerprint density at radius 2 is 2.18 bits per heavy atom. The number of halogens is 1. The summed E-state index contributed by atoms with van der Waals surface area (Å²) in [6, 6.07) is 9.61. The van der Waals surface area contributed by atoms with E-state index < -0.39 is 17.9 Å². The SMILES string of the molecule is C=CCCC(OC1(F)C=CC(c2ccccc2)=CC1)C(=O)O. The van der Waals surface area contributed by atoms with Gasteiger partial charge in [0.15, 0.2) is 6.10 Å². The van der Waals surface area contributed by atoms with Crippen molar-refractivity contribution >= 4 is 11.5 Å². The predicted octanol–water partition coefficient (Wildman–Crippen LogP) is 4.13. The van der Waals surface area contributed by atoms with E-state index in [4.69, 9.17) is 9.84 Å². The Bertz CT molecular complexity index is 592. The summed E-state index contributed by atoms with van der Waals surface area (Å²) < 4.78 is 19.8. The van der Waals surface area contributed by atoms with Crippen LogP contribution < -0.4 is 0 Å². The number of aliphatic carboxylic acids is 1. The average Bonchev–Trinajstić information content (AvgIpc) is 2.53. The summed E-state index contributed by atoms with van der Waals surface area (Å²) in [6.07, 6.45) is 5.71. The van der Waals surface area contributed by atoms with Gasteiger partial charge in [-0.2, -0.15) is 0 Å². The zero-order valence-corrected chi connectivity index (χ0v) is 12.2. The van der Waals surface area contributed by atoms with Gasteiger partial charge < -0.3 is 9.84 Å². The summed E-state index contributed by atoms with van der Waals surface area (Å²) in [5.74, 6) is -3.24. The summed E-state index contributed by atoms with van der Waals surface area (Å²) in [4.78, 5) is 11.1. The molecule has 1 N–H and O–H groups in total. The molecule has 0 fully saturated rings. The minimum absolute atomic E-state index is 0.00834. The molecule has 116 valence electrons. The van der Waals surface area contributed by atoms with Gasteiger partial charge in [-0.3, -0.25) is 0 Å². The van der Waals surface area contributed by atoms with Crippen LogP contribution in [0.15, 0.2) is 61.2 Å².